The summed E-state index contributed by atoms with van der Waals surface area (Å²) in [5.74, 6) is 2.10. The zero-order chi connectivity index (χ0) is 9.80. The predicted octanol–water partition coefficient (Wildman–Crippen LogP) is 1.16. The summed E-state index contributed by atoms with van der Waals surface area (Å²) in [5.41, 5.74) is 0. The molecule has 2 N–H and O–H groups in total. The number of rotatable bonds is 1. The molecule has 2 heterocycles. The van der Waals surface area contributed by atoms with Gasteiger partial charge in [0.25, 0.3) is 0 Å². The first-order valence-corrected chi connectivity index (χ1v) is 5.85. The molecule has 0 spiro atoms. The molecule has 3 heteroatoms. The second kappa shape index (κ2) is 4.78. The predicted molar refractivity (Wildman–Crippen MR) is 59.7 cm³/mol. The van der Waals surface area contributed by atoms with E-state index in [2.05, 4.69) is 22.5 Å². The molecule has 0 saturated carbocycles. The maximum Gasteiger partial charge on any atom is 0.0965 e. The molecule has 0 aromatic heterocycles. The van der Waals surface area contributed by atoms with Crippen molar-refractivity contribution in [3.8, 4) is 0 Å². The summed E-state index contributed by atoms with van der Waals surface area (Å²) in [4.78, 5) is 4.61. The number of nitrogens with one attached hydrogen (secondary N) is 2. The van der Waals surface area contributed by atoms with Crippen LogP contribution < -0.4 is 10.6 Å². The van der Waals surface area contributed by atoms with Gasteiger partial charge in [0, 0.05) is 25.6 Å². The van der Waals surface area contributed by atoms with Crippen molar-refractivity contribution in [2.45, 2.75) is 38.6 Å². The highest BCUT2D eigenvalue weighted by Crippen LogP contribution is 2.14. The molecule has 0 aromatic carbocycles. The number of amidine groups is 1. The molecule has 0 aliphatic carbocycles. The second-order valence-corrected chi connectivity index (χ2v) is 4.59. The number of aliphatic imine (C=N–C) groups is 1. The molecule has 0 aromatic rings. The van der Waals surface area contributed by atoms with Crippen molar-refractivity contribution in [2.24, 2.45) is 10.9 Å². The smallest absolute Gasteiger partial charge is 0.0965 e. The summed E-state index contributed by atoms with van der Waals surface area (Å²) in [7, 11) is 0. The van der Waals surface area contributed by atoms with Gasteiger partial charge in [-0.15, -0.1) is 0 Å². The van der Waals surface area contributed by atoms with Crippen molar-refractivity contribution in [2.75, 3.05) is 19.6 Å². The van der Waals surface area contributed by atoms with Gasteiger partial charge >= 0.3 is 0 Å². The Morgan fingerprint density at radius 3 is 3.07 bits per heavy atom. The van der Waals surface area contributed by atoms with Gasteiger partial charge < -0.3 is 10.6 Å². The fraction of sp³-hybridized carbons (Fsp3) is 0.909. The summed E-state index contributed by atoms with van der Waals surface area (Å²) in [6, 6.07) is 0.627. The van der Waals surface area contributed by atoms with E-state index in [0.29, 0.717) is 6.04 Å². The van der Waals surface area contributed by atoms with Crippen LogP contribution in [0.2, 0.25) is 0 Å². The molecule has 0 radical (unpaired) electrons. The van der Waals surface area contributed by atoms with Crippen molar-refractivity contribution in [1.82, 2.24) is 10.6 Å². The summed E-state index contributed by atoms with van der Waals surface area (Å²) < 4.78 is 0. The fourth-order valence-electron chi connectivity index (χ4n) is 2.16. The van der Waals surface area contributed by atoms with Crippen LogP contribution in [0.3, 0.4) is 0 Å². The van der Waals surface area contributed by atoms with Crippen LogP contribution in [0.1, 0.15) is 32.6 Å². The molecular formula is C11H21N3. The third-order valence-electron chi connectivity index (χ3n) is 3.23. The van der Waals surface area contributed by atoms with Gasteiger partial charge in [-0.3, -0.25) is 4.99 Å². The Morgan fingerprint density at radius 1 is 1.36 bits per heavy atom. The van der Waals surface area contributed by atoms with Gasteiger partial charge in [0.05, 0.1) is 5.84 Å². The van der Waals surface area contributed by atoms with Gasteiger partial charge in [-0.2, -0.15) is 0 Å². The van der Waals surface area contributed by atoms with E-state index < -0.39 is 0 Å². The zero-order valence-electron chi connectivity index (χ0n) is 9.05. The van der Waals surface area contributed by atoms with Gasteiger partial charge in [0.1, 0.15) is 0 Å². The lowest BCUT2D eigenvalue weighted by Crippen LogP contribution is -2.36. The Kier molecular flexibility index (Phi) is 3.40. The van der Waals surface area contributed by atoms with E-state index in [4.69, 9.17) is 0 Å². The summed E-state index contributed by atoms with van der Waals surface area (Å²) in [6.45, 7) is 5.61. The number of hydrogen-bond acceptors (Lipinski definition) is 3. The van der Waals surface area contributed by atoms with Crippen molar-refractivity contribution in [1.29, 1.82) is 0 Å². The molecule has 0 bridgehead atoms. The average molecular weight is 195 g/mol. The van der Waals surface area contributed by atoms with Gasteiger partial charge in [0.2, 0.25) is 0 Å². The largest absolute Gasteiger partial charge is 0.370 e. The first-order valence-electron chi connectivity index (χ1n) is 5.85. The van der Waals surface area contributed by atoms with E-state index in [1.165, 1.54) is 25.1 Å². The van der Waals surface area contributed by atoms with Crippen LogP contribution in [-0.2, 0) is 0 Å². The van der Waals surface area contributed by atoms with Crippen LogP contribution >= 0.6 is 0 Å². The highest BCUT2D eigenvalue weighted by molar-refractivity contribution is 5.82. The quantitative estimate of drug-likeness (QED) is 0.658. The van der Waals surface area contributed by atoms with Crippen LogP contribution in [0.25, 0.3) is 0 Å². The Labute approximate surface area is 86.4 Å². The summed E-state index contributed by atoms with van der Waals surface area (Å²) in [5, 5.41) is 6.93. The topological polar surface area (TPSA) is 36.4 Å². The van der Waals surface area contributed by atoms with E-state index in [-0.39, 0.29) is 0 Å². The molecule has 2 rings (SSSR count). The normalized spacial score (nSPS) is 33.6. The summed E-state index contributed by atoms with van der Waals surface area (Å²) >= 11 is 0. The van der Waals surface area contributed by atoms with Crippen LogP contribution in [0, 0.1) is 5.92 Å². The van der Waals surface area contributed by atoms with Gasteiger partial charge in [0.15, 0.2) is 0 Å². The lowest BCUT2D eigenvalue weighted by Gasteiger charge is -2.14. The van der Waals surface area contributed by atoms with Crippen molar-refractivity contribution >= 4 is 5.84 Å². The van der Waals surface area contributed by atoms with Crippen LogP contribution in [0.15, 0.2) is 4.99 Å². The summed E-state index contributed by atoms with van der Waals surface area (Å²) in [6.07, 6.45) is 4.95. The molecule has 1 fully saturated rings. The van der Waals surface area contributed by atoms with Crippen LogP contribution in [-0.4, -0.2) is 31.5 Å². The van der Waals surface area contributed by atoms with Gasteiger partial charge in [-0.05, 0) is 31.7 Å². The fourth-order valence-corrected chi connectivity index (χ4v) is 2.16. The Hall–Kier alpha value is -0.570. The molecule has 2 aliphatic rings. The molecule has 1 saturated heterocycles. The molecule has 2 aliphatic heterocycles. The minimum absolute atomic E-state index is 0.627. The maximum absolute atomic E-state index is 4.61. The number of nitrogens with zero attached hydrogens (tertiary/aromatic N) is 1. The minimum atomic E-state index is 0.627. The molecular weight excluding hydrogens is 174 g/mol. The molecule has 2 unspecified atom stereocenters. The van der Waals surface area contributed by atoms with E-state index in [1.807, 2.05) is 0 Å². The van der Waals surface area contributed by atoms with Crippen LogP contribution in [0.5, 0.6) is 0 Å². The Morgan fingerprint density at radius 2 is 2.29 bits per heavy atom. The third kappa shape index (κ3) is 2.71. The first-order chi connectivity index (χ1) is 6.84. The van der Waals surface area contributed by atoms with E-state index in [0.717, 1.165) is 32.0 Å². The van der Waals surface area contributed by atoms with Crippen molar-refractivity contribution in [3.05, 3.63) is 0 Å². The van der Waals surface area contributed by atoms with Gasteiger partial charge in [-0.25, -0.2) is 0 Å². The van der Waals surface area contributed by atoms with E-state index in [9.17, 15) is 0 Å². The Balaban J connectivity index is 1.81. The standard InChI is InChI=1S/C11H21N3/c1-9-2-3-11(13-7-4-9)14-10-5-6-12-8-10/h9-10,12H,2-8H2,1H3,(H,13,14). The minimum Gasteiger partial charge on any atom is -0.370 e. The first kappa shape index (κ1) is 9.97. The van der Waals surface area contributed by atoms with Crippen LogP contribution in [0.4, 0.5) is 0 Å². The number of hydrogen-bond donors (Lipinski definition) is 2. The second-order valence-electron chi connectivity index (χ2n) is 4.59. The monoisotopic (exact) mass is 195 g/mol. The maximum atomic E-state index is 4.61. The highest BCUT2D eigenvalue weighted by atomic mass is 15.1. The third-order valence-corrected chi connectivity index (χ3v) is 3.23. The average Bonchev–Trinajstić information content (AvgIpc) is 2.58. The van der Waals surface area contributed by atoms with Crippen molar-refractivity contribution in [3.63, 3.8) is 0 Å². The Bertz CT molecular complexity index is 207. The lowest BCUT2D eigenvalue weighted by molar-refractivity contribution is 0.521. The van der Waals surface area contributed by atoms with Crippen molar-refractivity contribution < 1.29 is 0 Å². The molecule has 14 heavy (non-hydrogen) atoms. The van der Waals surface area contributed by atoms with Gasteiger partial charge in [-0.1, -0.05) is 6.92 Å². The highest BCUT2D eigenvalue weighted by Gasteiger charge is 2.17. The van der Waals surface area contributed by atoms with E-state index in [1.54, 1.807) is 0 Å². The molecule has 2 atom stereocenters. The zero-order valence-corrected chi connectivity index (χ0v) is 9.05. The van der Waals surface area contributed by atoms with E-state index >= 15 is 0 Å². The SMILES string of the molecule is CC1CCN=C(NC2CCNC2)CC1. The molecule has 0 amide bonds. The molecule has 3 nitrogen and oxygen atoms in total. The lowest BCUT2D eigenvalue weighted by atomic mass is 10.0. The molecule has 80 valence electrons.